The molecule has 8 nitrogen and oxygen atoms in total. The van der Waals surface area contributed by atoms with Gasteiger partial charge < -0.3 is 14.8 Å². The van der Waals surface area contributed by atoms with Crippen LogP contribution < -0.4 is 14.8 Å². The molecule has 0 aliphatic carbocycles. The first-order valence-corrected chi connectivity index (χ1v) is 9.76. The van der Waals surface area contributed by atoms with E-state index in [4.69, 9.17) is 9.47 Å². The third-order valence-corrected chi connectivity index (χ3v) is 4.68. The lowest BCUT2D eigenvalue weighted by Gasteiger charge is -2.12. The highest BCUT2D eigenvalue weighted by Gasteiger charge is 2.17. The van der Waals surface area contributed by atoms with Gasteiger partial charge in [-0.25, -0.2) is 0 Å². The van der Waals surface area contributed by atoms with Crippen LogP contribution in [0.1, 0.15) is 12.5 Å². The number of nitrogens with one attached hydrogen (secondary N) is 1. The van der Waals surface area contributed by atoms with Gasteiger partial charge in [-0.1, -0.05) is 15.9 Å². The number of nitro groups is 1. The minimum absolute atomic E-state index is 0.0771. The van der Waals surface area contributed by atoms with Gasteiger partial charge >= 0.3 is 0 Å². The number of carbonyl (C=O) groups excluding carboxylic acids is 1. The van der Waals surface area contributed by atoms with Crippen LogP contribution >= 0.6 is 31.9 Å². The lowest BCUT2D eigenvalue weighted by molar-refractivity contribution is -0.384. The Morgan fingerprint density at radius 2 is 2.07 bits per heavy atom. The van der Waals surface area contributed by atoms with E-state index in [0.717, 1.165) is 10.5 Å². The molecule has 0 spiro atoms. The fraction of sp³-hybridized carbons (Fsp3) is 0.158. The van der Waals surface area contributed by atoms with Crippen molar-refractivity contribution in [3.63, 3.8) is 0 Å². The van der Waals surface area contributed by atoms with Crippen LogP contribution in [0.15, 0.2) is 44.9 Å². The van der Waals surface area contributed by atoms with Crippen molar-refractivity contribution >= 4 is 55.2 Å². The number of nitrogens with zero attached hydrogens (tertiary/aromatic N) is 2. The Balaban J connectivity index is 2.44. The zero-order valence-corrected chi connectivity index (χ0v) is 18.5. The summed E-state index contributed by atoms with van der Waals surface area (Å²) in [5.74, 6) is -0.0459. The molecule has 2 rings (SSSR count). The molecule has 10 heteroatoms. The van der Waals surface area contributed by atoms with Crippen LogP contribution in [0.2, 0.25) is 0 Å². The monoisotopic (exact) mass is 523 g/mol. The van der Waals surface area contributed by atoms with Crippen LogP contribution in [-0.4, -0.2) is 24.5 Å². The van der Waals surface area contributed by atoms with E-state index in [1.807, 2.05) is 13.0 Å². The molecule has 0 saturated carbocycles. The number of anilines is 1. The number of ether oxygens (including phenoxy) is 2. The summed E-state index contributed by atoms with van der Waals surface area (Å²) < 4.78 is 12.1. The topological polar surface area (TPSA) is 114 Å². The van der Waals surface area contributed by atoms with Crippen LogP contribution in [0.25, 0.3) is 6.08 Å². The highest BCUT2D eigenvalue weighted by Crippen LogP contribution is 2.35. The number of halogens is 2. The number of carbonyl (C=O) groups is 1. The second-order valence-corrected chi connectivity index (χ2v) is 7.27. The van der Waals surface area contributed by atoms with Gasteiger partial charge in [0.2, 0.25) is 0 Å². The molecule has 0 unspecified atom stereocenters. The second kappa shape index (κ2) is 10.0. The predicted molar refractivity (Wildman–Crippen MR) is 115 cm³/mol. The second-order valence-electron chi connectivity index (χ2n) is 5.50. The maximum absolute atomic E-state index is 12.6. The van der Waals surface area contributed by atoms with Crippen molar-refractivity contribution in [1.82, 2.24) is 0 Å². The van der Waals surface area contributed by atoms with Crippen LogP contribution in [0.3, 0.4) is 0 Å². The number of hydrogen-bond acceptors (Lipinski definition) is 6. The smallest absolute Gasteiger partial charge is 0.271 e. The van der Waals surface area contributed by atoms with Gasteiger partial charge in [0.05, 0.1) is 28.8 Å². The number of nitriles is 1. The summed E-state index contributed by atoms with van der Waals surface area (Å²) in [6.45, 7) is 2.20. The molecule has 0 radical (unpaired) electrons. The quantitative estimate of drug-likeness (QED) is 0.234. The van der Waals surface area contributed by atoms with Crippen molar-refractivity contribution in [1.29, 1.82) is 5.26 Å². The third kappa shape index (κ3) is 5.56. The Morgan fingerprint density at radius 3 is 2.66 bits per heavy atom. The Labute approximate surface area is 183 Å². The van der Waals surface area contributed by atoms with Crippen molar-refractivity contribution < 1.29 is 19.2 Å². The lowest BCUT2D eigenvalue weighted by atomic mass is 10.1. The number of rotatable bonds is 7. The average Bonchev–Trinajstić information content (AvgIpc) is 2.68. The molecule has 0 saturated heterocycles. The van der Waals surface area contributed by atoms with Crippen molar-refractivity contribution in [2.75, 3.05) is 19.0 Å². The number of methoxy groups -OCH3 is 1. The van der Waals surface area contributed by atoms with E-state index in [1.165, 1.54) is 25.3 Å². The summed E-state index contributed by atoms with van der Waals surface area (Å²) in [7, 11) is 1.37. The van der Waals surface area contributed by atoms with Crippen molar-refractivity contribution in [3.05, 3.63) is 60.5 Å². The molecule has 0 fully saturated rings. The fourth-order valence-corrected chi connectivity index (χ4v) is 3.76. The van der Waals surface area contributed by atoms with Gasteiger partial charge in [0.15, 0.2) is 0 Å². The Hall–Kier alpha value is -2.90. The summed E-state index contributed by atoms with van der Waals surface area (Å²) >= 11 is 6.76. The van der Waals surface area contributed by atoms with E-state index >= 15 is 0 Å². The van der Waals surface area contributed by atoms with E-state index in [2.05, 4.69) is 37.2 Å². The number of nitro benzene ring substituents is 1. The summed E-state index contributed by atoms with van der Waals surface area (Å²) in [5.41, 5.74) is 0.141. The summed E-state index contributed by atoms with van der Waals surface area (Å²) in [6.07, 6.45) is 1.37. The van der Waals surface area contributed by atoms with Gasteiger partial charge in [0.1, 0.15) is 23.1 Å². The molecule has 0 heterocycles. The average molecular weight is 525 g/mol. The van der Waals surface area contributed by atoms with Gasteiger partial charge in [-0.05, 0) is 47.1 Å². The maximum Gasteiger partial charge on any atom is 0.271 e. The zero-order valence-electron chi connectivity index (χ0n) is 15.4. The van der Waals surface area contributed by atoms with Crippen LogP contribution in [0.5, 0.6) is 11.5 Å². The summed E-state index contributed by atoms with van der Waals surface area (Å²) in [4.78, 5) is 23.0. The van der Waals surface area contributed by atoms with Crippen LogP contribution in [-0.2, 0) is 4.79 Å². The molecular formula is C19H15Br2N3O5. The van der Waals surface area contributed by atoms with Gasteiger partial charge in [-0.15, -0.1) is 0 Å². The van der Waals surface area contributed by atoms with E-state index in [0.29, 0.717) is 22.4 Å². The summed E-state index contributed by atoms with van der Waals surface area (Å²) in [5, 5.41) is 23.0. The SMILES string of the molecule is CCOc1c(Br)cc(Br)cc1/C=C(\C#N)C(=O)Nc1cc([N+](=O)[O-])ccc1OC. The molecule has 0 aliphatic heterocycles. The first-order valence-electron chi connectivity index (χ1n) is 8.18. The first-order chi connectivity index (χ1) is 13.8. The fourth-order valence-electron chi connectivity index (χ4n) is 2.39. The molecule has 150 valence electrons. The Kier molecular flexibility index (Phi) is 7.75. The van der Waals surface area contributed by atoms with Gasteiger partial charge in [-0.2, -0.15) is 5.26 Å². The van der Waals surface area contributed by atoms with Gasteiger partial charge in [-0.3, -0.25) is 14.9 Å². The number of hydrogen-bond donors (Lipinski definition) is 1. The largest absolute Gasteiger partial charge is 0.495 e. The van der Waals surface area contributed by atoms with Crippen molar-refractivity contribution in [2.45, 2.75) is 6.92 Å². The molecule has 1 amide bonds. The van der Waals surface area contributed by atoms with E-state index < -0.39 is 10.8 Å². The molecule has 2 aromatic carbocycles. The normalized spacial score (nSPS) is 10.8. The van der Waals surface area contributed by atoms with E-state index in [9.17, 15) is 20.2 Å². The number of benzene rings is 2. The molecule has 0 bridgehead atoms. The zero-order chi connectivity index (χ0) is 21.6. The number of non-ortho nitro benzene ring substituents is 1. The molecule has 0 atom stereocenters. The molecule has 0 aliphatic rings. The highest BCUT2D eigenvalue weighted by molar-refractivity contribution is 9.11. The Morgan fingerprint density at radius 1 is 1.34 bits per heavy atom. The lowest BCUT2D eigenvalue weighted by Crippen LogP contribution is -2.14. The Bertz CT molecular complexity index is 1030. The predicted octanol–water partition coefficient (Wildman–Crippen LogP) is 5.07. The number of amides is 1. The molecular weight excluding hydrogens is 510 g/mol. The standard InChI is InChI=1S/C19H15Br2N3O5/c1-3-29-18-11(7-13(20)8-15(18)21)6-12(10-22)19(25)23-16-9-14(24(26)27)4-5-17(16)28-2/h4-9H,3H2,1-2H3,(H,23,25)/b12-6+. The van der Waals surface area contributed by atoms with Gasteiger partial charge in [0.25, 0.3) is 11.6 Å². The molecule has 2 aromatic rings. The van der Waals surface area contributed by atoms with Crippen molar-refractivity contribution in [3.8, 4) is 17.6 Å². The molecule has 29 heavy (non-hydrogen) atoms. The summed E-state index contributed by atoms with van der Waals surface area (Å²) in [6, 6.07) is 9.10. The van der Waals surface area contributed by atoms with Crippen LogP contribution in [0.4, 0.5) is 11.4 Å². The van der Waals surface area contributed by atoms with Crippen molar-refractivity contribution in [2.24, 2.45) is 0 Å². The molecule has 1 N–H and O–H groups in total. The van der Waals surface area contributed by atoms with Gasteiger partial charge in [0, 0.05) is 22.2 Å². The van der Waals surface area contributed by atoms with Crippen LogP contribution in [0, 0.1) is 21.4 Å². The minimum atomic E-state index is -0.746. The third-order valence-electron chi connectivity index (χ3n) is 3.63. The van der Waals surface area contributed by atoms with E-state index in [1.54, 1.807) is 12.1 Å². The first kappa shape index (κ1) is 22.4. The van der Waals surface area contributed by atoms with E-state index in [-0.39, 0.29) is 22.7 Å². The molecule has 0 aromatic heterocycles. The minimum Gasteiger partial charge on any atom is -0.495 e. The highest BCUT2D eigenvalue weighted by atomic mass is 79.9. The maximum atomic E-state index is 12.6.